The smallest absolute Gasteiger partial charge is 0.270 e. The number of carbonyl (C=O) groups is 1. The van der Waals surface area contributed by atoms with Gasteiger partial charge in [0.15, 0.2) is 0 Å². The summed E-state index contributed by atoms with van der Waals surface area (Å²) in [6.07, 6.45) is 0. The van der Waals surface area contributed by atoms with Crippen LogP contribution in [0.1, 0.15) is 15.9 Å². The Morgan fingerprint density at radius 3 is 2.52 bits per heavy atom. The molecule has 0 atom stereocenters. The van der Waals surface area contributed by atoms with Gasteiger partial charge in [-0.05, 0) is 35.9 Å². The van der Waals surface area contributed by atoms with E-state index in [0.29, 0.717) is 10.7 Å². The Bertz CT molecular complexity index is 977. The standard InChI is InChI=1S/C20H15ClN2O3S/c21-16-10-8-14(9-11-16)13-27-19-7-2-1-6-18(19)22-20(24)15-4-3-5-17(12-15)23(25)26/h1-12H,13H2,(H,22,24). The van der Waals surface area contributed by atoms with Gasteiger partial charge in [0.2, 0.25) is 0 Å². The first-order chi connectivity index (χ1) is 13.0. The molecule has 5 nitrogen and oxygen atoms in total. The Morgan fingerprint density at radius 2 is 1.78 bits per heavy atom. The summed E-state index contributed by atoms with van der Waals surface area (Å²) in [5.41, 5.74) is 1.90. The molecule has 136 valence electrons. The molecular formula is C20H15ClN2O3S. The molecule has 1 N–H and O–H groups in total. The third-order valence-electron chi connectivity index (χ3n) is 3.76. The number of hydrogen-bond acceptors (Lipinski definition) is 4. The summed E-state index contributed by atoms with van der Waals surface area (Å²) in [5.74, 6) is 0.333. The maximum Gasteiger partial charge on any atom is 0.270 e. The van der Waals surface area contributed by atoms with Crippen molar-refractivity contribution >= 4 is 40.6 Å². The van der Waals surface area contributed by atoms with E-state index in [-0.39, 0.29) is 11.3 Å². The number of anilines is 1. The fraction of sp³-hybridized carbons (Fsp3) is 0.0500. The molecule has 7 heteroatoms. The number of thioether (sulfide) groups is 1. The molecule has 3 rings (SSSR count). The lowest BCUT2D eigenvalue weighted by Crippen LogP contribution is -2.12. The van der Waals surface area contributed by atoms with Crippen molar-refractivity contribution in [2.45, 2.75) is 10.6 Å². The zero-order valence-corrected chi connectivity index (χ0v) is 15.7. The van der Waals surface area contributed by atoms with Crippen LogP contribution in [-0.2, 0) is 5.75 Å². The number of non-ortho nitro benzene ring substituents is 1. The van der Waals surface area contributed by atoms with E-state index >= 15 is 0 Å². The number of hydrogen-bond donors (Lipinski definition) is 1. The van der Waals surface area contributed by atoms with Gasteiger partial charge in [-0.2, -0.15) is 0 Å². The van der Waals surface area contributed by atoms with E-state index in [1.165, 1.54) is 18.2 Å². The molecule has 0 aliphatic heterocycles. The summed E-state index contributed by atoms with van der Waals surface area (Å²) in [5, 5.41) is 14.4. The first-order valence-corrected chi connectivity index (χ1v) is 9.41. The molecule has 3 aromatic rings. The average molecular weight is 399 g/mol. The summed E-state index contributed by atoms with van der Waals surface area (Å²) in [6, 6.07) is 20.7. The molecule has 27 heavy (non-hydrogen) atoms. The van der Waals surface area contributed by atoms with Gasteiger partial charge in [0.1, 0.15) is 0 Å². The summed E-state index contributed by atoms with van der Waals surface area (Å²) < 4.78 is 0. The van der Waals surface area contributed by atoms with Crippen LogP contribution in [0, 0.1) is 10.1 Å². The Labute approximate surface area is 165 Å². The van der Waals surface area contributed by atoms with E-state index in [1.54, 1.807) is 23.9 Å². The number of benzene rings is 3. The number of amides is 1. The first-order valence-electron chi connectivity index (χ1n) is 8.05. The molecule has 1 amide bonds. The van der Waals surface area contributed by atoms with Gasteiger partial charge >= 0.3 is 0 Å². The quantitative estimate of drug-likeness (QED) is 0.324. The van der Waals surface area contributed by atoms with Crippen LogP contribution in [0.25, 0.3) is 0 Å². The molecule has 0 aromatic heterocycles. The van der Waals surface area contributed by atoms with Gasteiger partial charge < -0.3 is 5.32 Å². The number of para-hydroxylation sites is 1. The molecule has 0 saturated heterocycles. The van der Waals surface area contributed by atoms with E-state index in [9.17, 15) is 14.9 Å². The Hall–Kier alpha value is -2.83. The van der Waals surface area contributed by atoms with Gasteiger partial charge in [-0.1, -0.05) is 41.9 Å². The predicted octanol–water partition coefficient (Wildman–Crippen LogP) is 5.79. The fourth-order valence-corrected chi connectivity index (χ4v) is 3.48. The first kappa shape index (κ1) is 18.9. The maximum absolute atomic E-state index is 12.5. The van der Waals surface area contributed by atoms with Gasteiger partial charge in [0.05, 0.1) is 10.6 Å². The van der Waals surface area contributed by atoms with Crippen LogP contribution in [0.15, 0.2) is 77.7 Å². The highest BCUT2D eigenvalue weighted by molar-refractivity contribution is 7.98. The monoisotopic (exact) mass is 398 g/mol. The number of carbonyl (C=O) groups excluding carboxylic acids is 1. The van der Waals surface area contributed by atoms with Crippen LogP contribution >= 0.6 is 23.4 Å². The van der Waals surface area contributed by atoms with Crippen molar-refractivity contribution in [3.8, 4) is 0 Å². The van der Waals surface area contributed by atoms with Crippen LogP contribution in [0.2, 0.25) is 5.02 Å². The van der Waals surface area contributed by atoms with Gasteiger partial charge in [-0.15, -0.1) is 11.8 Å². The molecule has 0 unspecified atom stereocenters. The molecule has 0 aliphatic rings. The van der Waals surface area contributed by atoms with Crippen LogP contribution in [-0.4, -0.2) is 10.8 Å². The zero-order valence-electron chi connectivity index (χ0n) is 14.1. The van der Waals surface area contributed by atoms with E-state index in [2.05, 4.69) is 5.32 Å². The zero-order chi connectivity index (χ0) is 19.2. The van der Waals surface area contributed by atoms with E-state index in [4.69, 9.17) is 11.6 Å². The SMILES string of the molecule is O=C(Nc1ccccc1SCc1ccc(Cl)cc1)c1cccc([N+](=O)[O-])c1. The van der Waals surface area contributed by atoms with Crippen LogP contribution < -0.4 is 5.32 Å². The molecule has 0 radical (unpaired) electrons. The second-order valence-electron chi connectivity index (χ2n) is 5.67. The molecule has 3 aromatic carbocycles. The highest BCUT2D eigenvalue weighted by Crippen LogP contribution is 2.30. The molecule has 0 bridgehead atoms. The highest BCUT2D eigenvalue weighted by atomic mass is 35.5. The van der Waals surface area contributed by atoms with Gasteiger partial charge in [0.25, 0.3) is 11.6 Å². The minimum atomic E-state index is -0.521. The summed E-state index contributed by atoms with van der Waals surface area (Å²) >= 11 is 7.49. The number of nitro groups is 1. The van der Waals surface area contributed by atoms with Crippen molar-refractivity contribution in [1.29, 1.82) is 0 Å². The van der Waals surface area contributed by atoms with Crippen molar-refractivity contribution in [3.05, 3.63) is 99.1 Å². The number of rotatable bonds is 6. The largest absolute Gasteiger partial charge is 0.321 e. The maximum atomic E-state index is 12.5. The van der Waals surface area contributed by atoms with Crippen molar-refractivity contribution in [3.63, 3.8) is 0 Å². The average Bonchev–Trinajstić information content (AvgIpc) is 2.68. The Kier molecular flexibility index (Phi) is 6.11. The third kappa shape index (κ3) is 5.09. The lowest BCUT2D eigenvalue weighted by atomic mass is 10.2. The molecule has 0 fully saturated rings. The molecule has 0 aliphatic carbocycles. The normalized spacial score (nSPS) is 10.4. The Morgan fingerprint density at radius 1 is 1.04 bits per heavy atom. The van der Waals surface area contributed by atoms with Crippen LogP contribution in [0.3, 0.4) is 0 Å². The van der Waals surface area contributed by atoms with Crippen molar-refractivity contribution in [2.24, 2.45) is 0 Å². The second kappa shape index (κ2) is 8.70. The molecular weight excluding hydrogens is 384 g/mol. The lowest BCUT2D eigenvalue weighted by molar-refractivity contribution is -0.384. The van der Waals surface area contributed by atoms with Gasteiger partial charge in [-0.3, -0.25) is 14.9 Å². The van der Waals surface area contributed by atoms with Gasteiger partial charge in [-0.25, -0.2) is 0 Å². The Balaban J connectivity index is 1.73. The molecule has 0 spiro atoms. The number of halogens is 1. The van der Waals surface area contributed by atoms with Gasteiger partial charge in [0, 0.05) is 33.4 Å². The minimum absolute atomic E-state index is 0.118. The summed E-state index contributed by atoms with van der Waals surface area (Å²) in [7, 11) is 0. The topological polar surface area (TPSA) is 72.2 Å². The van der Waals surface area contributed by atoms with E-state index in [1.807, 2.05) is 42.5 Å². The highest BCUT2D eigenvalue weighted by Gasteiger charge is 2.13. The fourth-order valence-electron chi connectivity index (χ4n) is 2.39. The van der Waals surface area contributed by atoms with E-state index < -0.39 is 10.8 Å². The van der Waals surface area contributed by atoms with E-state index in [0.717, 1.165) is 16.2 Å². The minimum Gasteiger partial charge on any atom is -0.321 e. The van der Waals surface area contributed by atoms with Crippen molar-refractivity contribution in [2.75, 3.05) is 5.32 Å². The predicted molar refractivity (Wildman–Crippen MR) is 109 cm³/mol. The number of nitrogens with one attached hydrogen (secondary N) is 1. The summed E-state index contributed by atoms with van der Waals surface area (Å²) in [6.45, 7) is 0. The molecule has 0 heterocycles. The van der Waals surface area contributed by atoms with Crippen molar-refractivity contribution in [1.82, 2.24) is 0 Å². The second-order valence-corrected chi connectivity index (χ2v) is 7.13. The summed E-state index contributed by atoms with van der Waals surface area (Å²) in [4.78, 5) is 23.8. The number of nitrogens with zero attached hydrogens (tertiary/aromatic N) is 1. The van der Waals surface area contributed by atoms with Crippen molar-refractivity contribution < 1.29 is 9.72 Å². The lowest BCUT2D eigenvalue weighted by Gasteiger charge is -2.11. The molecule has 0 saturated carbocycles. The van der Waals surface area contributed by atoms with Crippen LogP contribution in [0.4, 0.5) is 11.4 Å². The third-order valence-corrected chi connectivity index (χ3v) is 5.16. The van der Waals surface area contributed by atoms with Crippen LogP contribution in [0.5, 0.6) is 0 Å². The number of nitro benzene ring substituents is 1.